The van der Waals surface area contributed by atoms with Crippen molar-refractivity contribution in [2.75, 3.05) is 39.8 Å². The second kappa shape index (κ2) is 8.84. The Morgan fingerprint density at radius 3 is 2.43 bits per heavy atom. The van der Waals surface area contributed by atoms with Crippen molar-refractivity contribution in [2.24, 2.45) is 0 Å². The third-order valence-electron chi connectivity index (χ3n) is 4.73. The molecule has 0 bridgehead atoms. The fourth-order valence-electron chi connectivity index (χ4n) is 3.04. The number of nitriles is 1. The normalized spacial score (nSPS) is 15.5. The molecule has 1 aliphatic heterocycles. The minimum atomic E-state index is -3.62. The molecule has 0 spiro atoms. The molecule has 1 aliphatic rings. The molecule has 9 heteroatoms. The smallest absolute Gasteiger partial charge is 0.252 e. The lowest BCUT2D eigenvalue weighted by Gasteiger charge is -2.35. The van der Waals surface area contributed by atoms with Crippen LogP contribution >= 0.6 is 11.3 Å². The number of hydrogen-bond donors (Lipinski definition) is 0. The molecule has 1 saturated heterocycles. The molecule has 1 aromatic carbocycles. The number of rotatable bonds is 6. The number of likely N-dealkylation sites (N-methyl/N-ethyl adjacent to an activating group) is 1. The van der Waals surface area contributed by atoms with Crippen molar-refractivity contribution >= 4 is 27.3 Å². The Hall–Kier alpha value is -2.25. The van der Waals surface area contributed by atoms with Crippen molar-refractivity contribution < 1.29 is 13.2 Å². The van der Waals surface area contributed by atoms with Gasteiger partial charge in [0.15, 0.2) is 0 Å². The lowest BCUT2D eigenvalue weighted by Crippen LogP contribution is -2.51. The van der Waals surface area contributed by atoms with Crippen LogP contribution in [0.4, 0.5) is 0 Å². The van der Waals surface area contributed by atoms with Crippen LogP contribution in [0.15, 0.2) is 46.0 Å². The molecule has 1 amide bonds. The van der Waals surface area contributed by atoms with Gasteiger partial charge in [0, 0.05) is 39.8 Å². The van der Waals surface area contributed by atoms with E-state index in [2.05, 4.69) is 11.0 Å². The van der Waals surface area contributed by atoms with Gasteiger partial charge in [0.25, 0.3) is 10.0 Å². The molecule has 0 N–H and O–H groups in total. The Bertz CT molecular complexity index is 942. The fourth-order valence-corrected chi connectivity index (χ4v) is 5.36. The maximum Gasteiger partial charge on any atom is 0.252 e. The zero-order chi connectivity index (χ0) is 20.1. The summed E-state index contributed by atoms with van der Waals surface area (Å²) >= 11 is 1.15. The first-order valence-electron chi connectivity index (χ1n) is 8.89. The molecule has 3 rings (SSSR count). The van der Waals surface area contributed by atoms with Crippen LogP contribution in [0, 0.1) is 11.3 Å². The zero-order valence-corrected chi connectivity index (χ0v) is 17.2. The van der Waals surface area contributed by atoms with Gasteiger partial charge in [-0.05, 0) is 29.1 Å². The van der Waals surface area contributed by atoms with E-state index in [1.54, 1.807) is 34.5 Å². The molecule has 0 aliphatic carbocycles. The second-order valence-electron chi connectivity index (χ2n) is 6.66. The standard InChI is InChI=1S/C19H22N4O3S2/c1-21(28(25,26)19-3-2-12-27-19)15-18(24)23-10-8-22(9-11-23)14-17-6-4-16(13-20)5-7-17/h2-7,12H,8-11,14-15H2,1H3. The van der Waals surface area contributed by atoms with Gasteiger partial charge in [0.05, 0.1) is 18.2 Å². The number of benzene rings is 1. The molecule has 0 unspecified atom stereocenters. The topological polar surface area (TPSA) is 84.7 Å². The van der Waals surface area contributed by atoms with Crippen molar-refractivity contribution in [1.82, 2.24) is 14.1 Å². The van der Waals surface area contributed by atoms with Crippen LogP contribution in [0.3, 0.4) is 0 Å². The van der Waals surface area contributed by atoms with Gasteiger partial charge in [0.2, 0.25) is 5.91 Å². The summed E-state index contributed by atoms with van der Waals surface area (Å²) in [6.07, 6.45) is 0. The summed E-state index contributed by atoms with van der Waals surface area (Å²) < 4.78 is 26.3. The Kier molecular flexibility index (Phi) is 6.46. The predicted octanol–water partition coefficient (Wildman–Crippen LogP) is 1.58. The second-order valence-corrected chi connectivity index (χ2v) is 9.88. The van der Waals surface area contributed by atoms with E-state index in [0.717, 1.165) is 40.8 Å². The molecule has 2 heterocycles. The highest BCUT2D eigenvalue weighted by Crippen LogP contribution is 2.20. The minimum Gasteiger partial charge on any atom is -0.339 e. The maximum absolute atomic E-state index is 12.5. The fraction of sp³-hybridized carbons (Fsp3) is 0.368. The van der Waals surface area contributed by atoms with Crippen LogP contribution < -0.4 is 0 Å². The monoisotopic (exact) mass is 418 g/mol. The van der Waals surface area contributed by atoms with E-state index in [1.165, 1.54) is 7.05 Å². The highest BCUT2D eigenvalue weighted by Gasteiger charge is 2.27. The molecule has 1 fully saturated rings. The molecular formula is C19H22N4O3S2. The van der Waals surface area contributed by atoms with E-state index in [0.29, 0.717) is 18.7 Å². The van der Waals surface area contributed by atoms with Crippen LogP contribution in [0.1, 0.15) is 11.1 Å². The van der Waals surface area contributed by atoms with Gasteiger partial charge in [-0.15, -0.1) is 11.3 Å². The highest BCUT2D eigenvalue weighted by molar-refractivity contribution is 7.91. The molecule has 0 saturated carbocycles. The van der Waals surface area contributed by atoms with Gasteiger partial charge in [-0.3, -0.25) is 9.69 Å². The predicted molar refractivity (Wildman–Crippen MR) is 107 cm³/mol. The van der Waals surface area contributed by atoms with E-state index >= 15 is 0 Å². The van der Waals surface area contributed by atoms with Gasteiger partial charge in [-0.1, -0.05) is 18.2 Å². The number of nitrogens with zero attached hydrogens (tertiary/aromatic N) is 4. The van der Waals surface area contributed by atoms with E-state index < -0.39 is 10.0 Å². The average Bonchev–Trinajstić information content (AvgIpc) is 3.25. The van der Waals surface area contributed by atoms with Crippen LogP contribution in [-0.2, 0) is 21.4 Å². The molecule has 2 aromatic rings. The Morgan fingerprint density at radius 1 is 1.18 bits per heavy atom. The van der Waals surface area contributed by atoms with E-state index in [-0.39, 0.29) is 16.7 Å². The molecule has 7 nitrogen and oxygen atoms in total. The van der Waals surface area contributed by atoms with Crippen molar-refractivity contribution in [3.63, 3.8) is 0 Å². The number of sulfonamides is 1. The summed E-state index contributed by atoms with van der Waals surface area (Å²) in [5.41, 5.74) is 1.77. The Labute approximate surface area is 169 Å². The molecule has 0 radical (unpaired) electrons. The number of carbonyl (C=O) groups excluding carboxylic acids is 1. The summed E-state index contributed by atoms with van der Waals surface area (Å²) in [5, 5.41) is 10.6. The summed E-state index contributed by atoms with van der Waals surface area (Å²) in [6, 6.07) is 12.8. The van der Waals surface area contributed by atoms with Crippen LogP contribution in [0.25, 0.3) is 0 Å². The van der Waals surface area contributed by atoms with Crippen LogP contribution in [-0.4, -0.2) is 68.2 Å². The summed E-state index contributed by atoms with van der Waals surface area (Å²) in [6.45, 7) is 3.21. The lowest BCUT2D eigenvalue weighted by molar-refractivity contribution is -0.133. The molecule has 1 aromatic heterocycles. The van der Waals surface area contributed by atoms with Gasteiger partial charge in [-0.25, -0.2) is 8.42 Å². The molecular weight excluding hydrogens is 396 g/mol. The summed E-state index contributed by atoms with van der Waals surface area (Å²) in [5.74, 6) is -0.180. The van der Waals surface area contributed by atoms with E-state index in [4.69, 9.17) is 5.26 Å². The minimum absolute atomic E-state index is 0.157. The Morgan fingerprint density at radius 2 is 1.86 bits per heavy atom. The third-order valence-corrected chi connectivity index (χ3v) is 7.91. The van der Waals surface area contributed by atoms with E-state index in [1.807, 2.05) is 12.1 Å². The van der Waals surface area contributed by atoms with Crippen LogP contribution in [0.5, 0.6) is 0 Å². The first-order chi connectivity index (χ1) is 13.4. The van der Waals surface area contributed by atoms with Crippen LogP contribution in [0.2, 0.25) is 0 Å². The number of carbonyl (C=O) groups is 1. The summed E-state index contributed by atoms with van der Waals surface area (Å²) in [7, 11) is -2.18. The molecule has 0 atom stereocenters. The van der Waals surface area contributed by atoms with Gasteiger partial charge >= 0.3 is 0 Å². The average molecular weight is 419 g/mol. The molecule has 148 valence electrons. The zero-order valence-electron chi connectivity index (χ0n) is 15.6. The SMILES string of the molecule is CN(CC(=O)N1CCN(Cc2ccc(C#N)cc2)CC1)S(=O)(=O)c1cccs1. The number of piperazine rings is 1. The van der Waals surface area contributed by atoms with Gasteiger partial charge in [-0.2, -0.15) is 9.57 Å². The van der Waals surface area contributed by atoms with Crippen molar-refractivity contribution in [3.05, 3.63) is 52.9 Å². The largest absolute Gasteiger partial charge is 0.339 e. The lowest BCUT2D eigenvalue weighted by atomic mass is 10.1. The quantitative estimate of drug-likeness (QED) is 0.711. The number of amides is 1. The maximum atomic E-state index is 12.5. The first kappa shape index (κ1) is 20.5. The van der Waals surface area contributed by atoms with Gasteiger partial charge < -0.3 is 4.90 Å². The van der Waals surface area contributed by atoms with Crippen molar-refractivity contribution in [2.45, 2.75) is 10.8 Å². The highest BCUT2D eigenvalue weighted by atomic mass is 32.2. The van der Waals surface area contributed by atoms with Crippen molar-refractivity contribution in [1.29, 1.82) is 5.26 Å². The number of hydrogen-bond acceptors (Lipinski definition) is 6. The van der Waals surface area contributed by atoms with Crippen molar-refractivity contribution in [3.8, 4) is 6.07 Å². The summed E-state index contributed by atoms with van der Waals surface area (Å²) in [4.78, 5) is 16.5. The van der Waals surface area contributed by atoms with Gasteiger partial charge in [0.1, 0.15) is 4.21 Å². The molecule has 28 heavy (non-hydrogen) atoms. The first-order valence-corrected chi connectivity index (χ1v) is 11.2. The third kappa shape index (κ3) is 4.77. The van der Waals surface area contributed by atoms with E-state index in [9.17, 15) is 13.2 Å². The Balaban J connectivity index is 1.50. The number of thiophene rings is 1.